The van der Waals surface area contributed by atoms with Crippen LogP contribution in [0.2, 0.25) is 0 Å². The number of aromatic nitrogens is 3. The number of hydrogen-bond acceptors (Lipinski definition) is 6. The first kappa shape index (κ1) is 23.7. The van der Waals surface area contributed by atoms with Crippen molar-refractivity contribution >= 4 is 29.4 Å². The Hall–Kier alpha value is -3.44. The largest absolute Gasteiger partial charge is 0.492 e. The summed E-state index contributed by atoms with van der Waals surface area (Å²) in [6.45, 7) is 3.29. The van der Waals surface area contributed by atoms with Gasteiger partial charge in [-0.3, -0.25) is 19.0 Å². The number of fused-ring (bicyclic) bond motifs is 1. The Bertz CT molecular complexity index is 1230. The van der Waals surface area contributed by atoms with Crippen LogP contribution in [0, 0.1) is 5.92 Å². The van der Waals surface area contributed by atoms with E-state index in [0.29, 0.717) is 5.56 Å². The fourth-order valence-corrected chi connectivity index (χ4v) is 4.00. The number of hydrogen-bond donors (Lipinski definition) is 3. The van der Waals surface area contributed by atoms with E-state index in [1.807, 2.05) is 13.8 Å². The third-order valence-electron chi connectivity index (χ3n) is 5.83. The Morgan fingerprint density at radius 3 is 2.59 bits per heavy atom. The van der Waals surface area contributed by atoms with Crippen LogP contribution in [-0.4, -0.2) is 68.1 Å². The molecule has 2 fully saturated rings. The number of anilines is 1. The Labute approximate surface area is 194 Å². The summed E-state index contributed by atoms with van der Waals surface area (Å²) in [5, 5.41) is 20.7. The van der Waals surface area contributed by atoms with Gasteiger partial charge in [0.25, 0.3) is 17.4 Å². The van der Waals surface area contributed by atoms with Crippen molar-refractivity contribution < 1.29 is 23.5 Å². The summed E-state index contributed by atoms with van der Waals surface area (Å²) in [4.78, 5) is 39.6. The first-order valence-electron chi connectivity index (χ1n) is 11.2. The fraction of sp³-hybridized carbons (Fsp3) is 0.545. The molecule has 2 aromatic heterocycles. The van der Waals surface area contributed by atoms with Crippen LogP contribution < -0.4 is 16.2 Å². The highest BCUT2D eigenvalue weighted by molar-refractivity contribution is 5.97. The van der Waals surface area contributed by atoms with Crippen molar-refractivity contribution in [2.24, 2.45) is 5.92 Å². The van der Waals surface area contributed by atoms with Gasteiger partial charge in [-0.1, -0.05) is 13.8 Å². The van der Waals surface area contributed by atoms with E-state index in [1.165, 1.54) is 10.6 Å². The molecule has 3 heterocycles. The molecule has 1 aliphatic heterocycles. The zero-order valence-electron chi connectivity index (χ0n) is 19.3. The second-order valence-corrected chi connectivity index (χ2v) is 9.20. The van der Waals surface area contributed by atoms with Crippen molar-refractivity contribution in [3.8, 4) is 5.88 Å². The van der Waals surface area contributed by atoms with Gasteiger partial charge < -0.3 is 20.6 Å². The fourth-order valence-electron chi connectivity index (χ4n) is 4.00. The molecule has 184 valence electrons. The van der Waals surface area contributed by atoms with Crippen LogP contribution in [0.25, 0.3) is 11.7 Å². The number of aromatic hydroxyl groups is 1. The Morgan fingerprint density at radius 1 is 1.32 bits per heavy atom. The molecule has 0 bridgehead atoms. The highest BCUT2D eigenvalue weighted by atomic mass is 19.3. The van der Waals surface area contributed by atoms with Gasteiger partial charge in [0, 0.05) is 38.7 Å². The quantitative estimate of drug-likeness (QED) is 0.521. The number of nitrogens with zero attached hydrogens (tertiary/aromatic N) is 4. The molecule has 4 rings (SSSR count). The van der Waals surface area contributed by atoms with Gasteiger partial charge in [0.1, 0.15) is 0 Å². The molecule has 12 heteroatoms. The van der Waals surface area contributed by atoms with Crippen molar-refractivity contribution in [1.29, 1.82) is 0 Å². The summed E-state index contributed by atoms with van der Waals surface area (Å²) in [7, 11) is 1.57. The molecule has 3 N–H and O–H groups in total. The van der Waals surface area contributed by atoms with Crippen molar-refractivity contribution in [2.45, 2.75) is 51.6 Å². The SMILES string of the molecule is CNc1nn2c(O)c(C(=O)NC3CC3)c(=O)n(CC(C)C)c2c1/C=C/C(=O)N1CCC(F)(F)C1. The molecule has 0 unspecified atom stereocenters. The summed E-state index contributed by atoms with van der Waals surface area (Å²) < 4.78 is 29.4. The van der Waals surface area contributed by atoms with Crippen molar-refractivity contribution in [3.05, 3.63) is 27.6 Å². The van der Waals surface area contributed by atoms with Gasteiger partial charge in [-0.2, -0.15) is 4.52 Å². The number of likely N-dealkylation sites (tertiary alicyclic amines) is 1. The van der Waals surface area contributed by atoms with Crippen molar-refractivity contribution in [2.75, 3.05) is 25.5 Å². The maximum absolute atomic E-state index is 13.5. The predicted octanol–water partition coefficient (Wildman–Crippen LogP) is 1.67. The molecular formula is C22H28F2N6O4. The lowest BCUT2D eigenvalue weighted by atomic mass is 10.2. The van der Waals surface area contributed by atoms with E-state index < -0.39 is 47.7 Å². The minimum absolute atomic E-state index is 0.00335. The monoisotopic (exact) mass is 478 g/mol. The highest BCUT2D eigenvalue weighted by Gasteiger charge is 2.39. The highest BCUT2D eigenvalue weighted by Crippen LogP contribution is 2.29. The predicted molar refractivity (Wildman–Crippen MR) is 121 cm³/mol. The van der Waals surface area contributed by atoms with Crippen LogP contribution >= 0.6 is 0 Å². The van der Waals surface area contributed by atoms with Crippen LogP contribution in [0.1, 0.15) is 49.0 Å². The first-order valence-corrected chi connectivity index (χ1v) is 11.2. The van der Waals surface area contributed by atoms with Gasteiger partial charge >= 0.3 is 0 Å². The topological polar surface area (TPSA) is 121 Å². The van der Waals surface area contributed by atoms with E-state index in [4.69, 9.17) is 0 Å². The van der Waals surface area contributed by atoms with E-state index in [9.17, 15) is 28.3 Å². The minimum atomic E-state index is -2.91. The van der Waals surface area contributed by atoms with Gasteiger partial charge in [0.2, 0.25) is 11.8 Å². The number of carbonyl (C=O) groups is 2. The molecule has 0 aromatic carbocycles. The summed E-state index contributed by atoms with van der Waals surface area (Å²) in [6, 6.07) is -0.0199. The lowest BCUT2D eigenvalue weighted by molar-refractivity contribution is -0.126. The molecule has 2 amide bonds. The summed E-state index contributed by atoms with van der Waals surface area (Å²) in [5.41, 5.74) is -0.598. The third kappa shape index (κ3) is 4.48. The van der Waals surface area contributed by atoms with Crippen LogP contribution in [0.3, 0.4) is 0 Å². The number of nitrogens with one attached hydrogen (secondary N) is 2. The summed E-state index contributed by atoms with van der Waals surface area (Å²) in [6.07, 6.45) is 3.76. The number of carbonyl (C=O) groups excluding carboxylic acids is 2. The molecule has 2 aliphatic rings. The van der Waals surface area contributed by atoms with Gasteiger partial charge in [0.05, 0.1) is 12.1 Å². The van der Waals surface area contributed by atoms with Crippen LogP contribution in [0.5, 0.6) is 5.88 Å². The second-order valence-electron chi connectivity index (χ2n) is 9.20. The average molecular weight is 479 g/mol. The molecule has 2 aromatic rings. The van der Waals surface area contributed by atoms with Crippen LogP contribution in [0.4, 0.5) is 14.6 Å². The summed E-state index contributed by atoms with van der Waals surface area (Å²) in [5.74, 6) is -4.55. The lowest BCUT2D eigenvalue weighted by Crippen LogP contribution is -2.36. The Balaban J connectivity index is 1.82. The second kappa shape index (κ2) is 8.73. The van der Waals surface area contributed by atoms with Gasteiger partial charge in [-0.15, -0.1) is 5.10 Å². The number of halogens is 2. The Morgan fingerprint density at radius 2 is 2.03 bits per heavy atom. The average Bonchev–Trinajstić information content (AvgIpc) is 3.37. The molecule has 1 saturated carbocycles. The minimum Gasteiger partial charge on any atom is -0.492 e. The molecule has 34 heavy (non-hydrogen) atoms. The van der Waals surface area contributed by atoms with E-state index in [-0.39, 0.29) is 36.5 Å². The maximum Gasteiger partial charge on any atom is 0.270 e. The van der Waals surface area contributed by atoms with E-state index in [0.717, 1.165) is 28.3 Å². The maximum atomic E-state index is 13.5. The molecule has 1 saturated heterocycles. The molecular weight excluding hydrogens is 450 g/mol. The molecule has 1 aliphatic carbocycles. The lowest BCUT2D eigenvalue weighted by Gasteiger charge is -2.15. The molecule has 10 nitrogen and oxygen atoms in total. The van der Waals surface area contributed by atoms with E-state index in [2.05, 4.69) is 15.7 Å². The standard InChI is InChI=1S/C22H28F2N6O4/c1-12(2)10-29-19-14(6-7-15(31)28-9-8-22(23,24)11-28)17(25-3)27-30(19)21(34)16(20(29)33)18(32)26-13-4-5-13/h6-7,12-13,34H,4-5,8-11H2,1-3H3,(H,25,27)(H,26,32)/b7-6+. The molecule has 0 radical (unpaired) electrons. The van der Waals surface area contributed by atoms with E-state index in [1.54, 1.807) is 7.05 Å². The first-order chi connectivity index (χ1) is 16.0. The van der Waals surface area contributed by atoms with Crippen LogP contribution in [0.15, 0.2) is 10.9 Å². The van der Waals surface area contributed by atoms with Gasteiger partial charge in [-0.25, -0.2) is 8.78 Å². The summed E-state index contributed by atoms with van der Waals surface area (Å²) >= 11 is 0. The van der Waals surface area contributed by atoms with Crippen molar-refractivity contribution in [3.63, 3.8) is 0 Å². The van der Waals surface area contributed by atoms with Gasteiger partial charge in [-0.05, 0) is 24.8 Å². The van der Waals surface area contributed by atoms with Crippen LogP contribution in [-0.2, 0) is 11.3 Å². The number of amides is 2. The third-order valence-corrected chi connectivity index (χ3v) is 5.83. The molecule has 0 spiro atoms. The molecule has 0 atom stereocenters. The Kier molecular flexibility index (Phi) is 6.09. The number of alkyl halides is 2. The van der Waals surface area contributed by atoms with Gasteiger partial charge in [0.15, 0.2) is 17.0 Å². The zero-order chi connectivity index (χ0) is 24.8. The van der Waals surface area contributed by atoms with E-state index >= 15 is 0 Å². The smallest absolute Gasteiger partial charge is 0.270 e. The zero-order valence-corrected chi connectivity index (χ0v) is 19.3. The normalized spacial score (nSPS) is 17.8. The number of rotatable bonds is 7. The van der Waals surface area contributed by atoms with Crippen molar-refractivity contribution in [1.82, 2.24) is 24.4 Å².